The van der Waals surface area contributed by atoms with Crippen LogP contribution in [0.5, 0.6) is 0 Å². The zero-order valence-corrected chi connectivity index (χ0v) is 11.3. The van der Waals surface area contributed by atoms with Crippen molar-refractivity contribution in [1.82, 2.24) is 10.2 Å². The van der Waals surface area contributed by atoms with Gasteiger partial charge >= 0.3 is 0 Å². The van der Waals surface area contributed by atoms with Gasteiger partial charge in [-0.15, -0.1) is 10.2 Å². The Balaban J connectivity index is 2.36. The molecule has 0 aliphatic carbocycles. The molecule has 98 valence electrons. The number of hydrogen-bond acceptors (Lipinski definition) is 6. The second-order valence-corrected chi connectivity index (χ2v) is 4.89. The molecule has 1 heterocycles. The first-order valence-corrected chi connectivity index (χ1v) is 6.33. The van der Waals surface area contributed by atoms with Crippen molar-refractivity contribution in [1.29, 1.82) is 0 Å². The Morgan fingerprint density at radius 2 is 2.11 bits per heavy atom. The lowest BCUT2D eigenvalue weighted by atomic mass is 10.2. The van der Waals surface area contributed by atoms with E-state index in [9.17, 15) is 14.9 Å². The van der Waals surface area contributed by atoms with Gasteiger partial charge in [-0.05, 0) is 6.07 Å². The second kappa shape index (κ2) is 5.47. The smallest absolute Gasteiger partial charge is 0.288 e. The number of nitro groups is 1. The Morgan fingerprint density at radius 1 is 1.37 bits per heavy atom. The molecule has 0 saturated heterocycles. The van der Waals surface area contributed by atoms with Gasteiger partial charge in [-0.2, -0.15) is 0 Å². The number of nitrogens with one attached hydrogen (secondary N) is 1. The number of nitro benzene ring substituents is 1. The van der Waals surface area contributed by atoms with E-state index in [1.165, 1.54) is 5.51 Å². The van der Waals surface area contributed by atoms with E-state index in [0.717, 1.165) is 23.5 Å². The standard InChI is InChI=1S/C9H4Cl2N4O3S/c10-5-2-6(11)7(15(17)18)1-4(5)8(16)13-9-14-12-3-19-9/h1-3H,(H,13,14,16). The van der Waals surface area contributed by atoms with Crippen LogP contribution in [0.2, 0.25) is 10.0 Å². The molecule has 1 N–H and O–H groups in total. The van der Waals surface area contributed by atoms with Crippen LogP contribution < -0.4 is 5.32 Å². The number of halogens is 2. The van der Waals surface area contributed by atoms with Crippen LogP contribution in [0.3, 0.4) is 0 Å². The van der Waals surface area contributed by atoms with Gasteiger partial charge in [0.1, 0.15) is 10.5 Å². The van der Waals surface area contributed by atoms with E-state index in [1.807, 2.05) is 0 Å². The summed E-state index contributed by atoms with van der Waals surface area (Å²) in [5, 5.41) is 20.5. The van der Waals surface area contributed by atoms with Crippen molar-refractivity contribution in [2.45, 2.75) is 0 Å². The maximum Gasteiger partial charge on any atom is 0.288 e. The van der Waals surface area contributed by atoms with E-state index >= 15 is 0 Å². The minimum Gasteiger partial charge on any atom is -0.296 e. The van der Waals surface area contributed by atoms with Gasteiger partial charge in [-0.3, -0.25) is 20.2 Å². The summed E-state index contributed by atoms with van der Waals surface area (Å²) in [7, 11) is 0. The van der Waals surface area contributed by atoms with Gasteiger partial charge in [-0.1, -0.05) is 34.5 Å². The predicted molar refractivity (Wildman–Crippen MR) is 71.0 cm³/mol. The lowest BCUT2D eigenvalue weighted by Crippen LogP contribution is -2.12. The molecule has 1 amide bonds. The van der Waals surface area contributed by atoms with Gasteiger partial charge in [0.05, 0.1) is 15.5 Å². The van der Waals surface area contributed by atoms with Gasteiger partial charge in [0.2, 0.25) is 5.13 Å². The van der Waals surface area contributed by atoms with Crippen LogP contribution in [-0.2, 0) is 0 Å². The van der Waals surface area contributed by atoms with E-state index in [-0.39, 0.29) is 20.7 Å². The Bertz CT molecular complexity index is 647. The van der Waals surface area contributed by atoms with E-state index in [2.05, 4.69) is 15.5 Å². The minimum atomic E-state index is -0.694. The lowest BCUT2D eigenvalue weighted by Gasteiger charge is -2.04. The van der Waals surface area contributed by atoms with Gasteiger partial charge < -0.3 is 0 Å². The quantitative estimate of drug-likeness (QED) is 0.692. The van der Waals surface area contributed by atoms with Crippen molar-refractivity contribution in [2.75, 3.05) is 5.32 Å². The fourth-order valence-electron chi connectivity index (χ4n) is 1.24. The largest absolute Gasteiger partial charge is 0.296 e. The average molecular weight is 319 g/mol. The highest BCUT2D eigenvalue weighted by atomic mass is 35.5. The third-order valence-electron chi connectivity index (χ3n) is 2.06. The number of hydrogen-bond donors (Lipinski definition) is 1. The van der Waals surface area contributed by atoms with Crippen LogP contribution in [0.1, 0.15) is 10.4 Å². The summed E-state index contributed by atoms with van der Waals surface area (Å²) < 4.78 is 0. The van der Waals surface area contributed by atoms with Crippen molar-refractivity contribution >= 4 is 51.3 Å². The molecule has 0 unspecified atom stereocenters. The van der Waals surface area contributed by atoms with Crippen molar-refractivity contribution in [3.05, 3.63) is 43.4 Å². The lowest BCUT2D eigenvalue weighted by molar-refractivity contribution is -0.384. The summed E-state index contributed by atoms with van der Waals surface area (Å²) in [6, 6.07) is 2.16. The highest BCUT2D eigenvalue weighted by Gasteiger charge is 2.20. The first kappa shape index (κ1) is 13.7. The van der Waals surface area contributed by atoms with E-state index < -0.39 is 16.5 Å². The SMILES string of the molecule is O=C(Nc1nncs1)c1cc([N+](=O)[O-])c(Cl)cc1Cl. The number of anilines is 1. The first-order valence-electron chi connectivity index (χ1n) is 4.70. The summed E-state index contributed by atoms with van der Waals surface area (Å²) in [6.07, 6.45) is 0. The molecule has 10 heteroatoms. The molecular formula is C9H4Cl2N4O3S. The molecule has 0 atom stereocenters. The van der Waals surface area contributed by atoms with E-state index in [0.29, 0.717) is 0 Å². The monoisotopic (exact) mass is 318 g/mol. The molecule has 1 aromatic heterocycles. The zero-order chi connectivity index (χ0) is 14.0. The number of amides is 1. The van der Waals surface area contributed by atoms with Gasteiger partial charge in [0, 0.05) is 6.07 Å². The second-order valence-electron chi connectivity index (χ2n) is 3.24. The van der Waals surface area contributed by atoms with Crippen LogP contribution in [0.15, 0.2) is 17.6 Å². The van der Waals surface area contributed by atoms with Crippen molar-refractivity contribution in [2.24, 2.45) is 0 Å². The molecule has 2 aromatic rings. The molecule has 19 heavy (non-hydrogen) atoms. The molecule has 7 nitrogen and oxygen atoms in total. The van der Waals surface area contributed by atoms with Gasteiger partial charge in [0.25, 0.3) is 11.6 Å². The zero-order valence-electron chi connectivity index (χ0n) is 8.96. The topological polar surface area (TPSA) is 98.0 Å². The molecule has 0 radical (unpaired) electrons. The fourth-order valence-corrected chi connectivity index (χ4v) is 2.22. The molecule has 0 fully saturated rings. The number of aromatic nitrogens is 2. The third kappa shape index (κ3) is 2.98. The minimum absolute atomic E-state index is 0.0117. The van der Waals surface area contributed by atoms with E-state index in [4.69, 9.17) is 23.2 Å². The highest BCUT2D eigenvalue weighted by molar-refractivity contribution is 7.13. The predicted octanol–water partition coefficient (Wildman–Crippen LogP) is 3.01. The van der Waals surface area contributed by atoms with Gasteiger partial charge in [0.15, 0.2) is 0 Å². The van der Waals surface area contributed by atoms with E-state index in [1.54, 1.807) is 0 Å². The van der Waals surface area contributed by atoms with Crippen LogP contribution in [-0.4, -0.2) is 21.0 Å². The average Bonchev–Trinajstić information content (AvgIpc) is 2.81. The number of rotatable bonds is 3. The molecular weight excluding hydrogens is 315 g/mol. The number of carbonyl (C=O) groups is 1. The molecule has 0 aliphatic rings. The van der Waals surface area contributed by atoms with Crippen molar-refractivity contribution in [3.63, 3.8) is 0 Å². The maximum absolute atomic E-state index is 11.9. The Kier molecular flexibility index (Phi) is 3.93. The molecule has 0 spiro atoms. The summed E-state index contributed by atoms with van der Waals surface area (Å²) in [4.78, 5) is 22.0. The summed E-state index contributed by atoms with van der Waals surface area (Å²) >= 11 is 12.6. The molecule has 0 aliphatic heterocycles. The van der Waals surface area contributed by atoms with Crippen LogP contribution in [0.25, 0.3) is 0 Å². The molecule has 0 saturated carbocycles. The van der Waals surface area contributed by atoms with Crippen LogP contribution in [0.4, 0.5) is 10.8 Å². The molecule has 1 aromatic carbocycles. The Labute approximate surface area is 120 Å². The van der Waals surface area contributed by atoms with Crippen molar-refractivity contribution < 1.29 is 9.72 Å². The Morgan fingerprint density at radius 3 is 2.68 bits per heavy atom. The van der Waals surface area contributed by atoms with Gasteiger partial charge in [-0.25, -0.2) is 0 Å². The number of nitrogens with zero attached hydrogens (tertiary/aromatic N) is 3. The summed E-state index contributed by atoms with van der Waals surface area (Å²) in [6.45, 7) is 0. The normalized spacial score (nSPS) is 10.2. The van der Waals surface area contributed by atoms with Crippen molar-refractivity contribution in [3.8, 4) is 0 Å². The third-order valence-corrected chi connectivity index (χ3v) is 3.28. The van der Waals surface area contributed by atoms with Crippen LogP contribution in [0, 0.1) is 10.1 Å². The molecule has 0 bridgehead atoms. The first-order chi connectivity index (χ1) is 8.99. The maximum atomic E-state index is 11.9. The highest BCUT2D eigenvalue weighted by Crippen LogP contribution is 2.31. The number of benzene rings is 1. The molecule has 2 rings (SSSR count). The summed E-state index contributed by atoms with van der Waals surface area (Å²) in [5.41, 5.74) is 0.975. The van der Waals surface area contributed by atoms with Crippen LogP contribution >= 0.6 is 34.5 Å². The fraction of sp³-hybridized carbons (Fsp3) is 0. The number of carbonyl (C=O) groups excluding carboxylic acids is 1. The summed E-state index contributed by atoms with van der Waals surface area (Å²) in [5.74, 6) is -0.624. The Hall–Kier alpha value is -1.77.